The molecule has 0 atom stereocenters. The summed E-state index contributed by atoms with van der Waals surface area (Å²) in [7, 11) is 0. The maximum absolute atomic E-state index is 9.19. The quantitative estimate of drug-likeness (QED) is 0.671. The Morgan fingerprint density at radius 3 is 2.58 bits per heavy atom. The van der Waals surface area contributed by atoms with Crippen LogP contribution in [0.1, 0.15) is 57.3 Å². The molecule has 0 radical (unpaired) electrons. The summed E-state index contributed by atoms with van der Waals surface area (Å²) in [5.74, 6) is 1.73. The monoisotopic (exact) mass is 318 g/mol. The molecule has 4 nitrogen and oxygen atoms in total. The number of nitrogens with zero attached hydrogens (tertiary/aromatic N) is 4. The topological polar surface area (TPSA) is 54.5 Å². The molecule has 4 heteroatoms. The van der Waals surface area contributed by atoms with Crippen LogP contribution in [0.5, 0.6) is 0 Å². The third kappa shape index (κ3) is 2.36. The van der Waals surface area contributed by atoms with Gasteiger partial charge in [0.25, 0.3) is 0 Å². The van der Waals surface area contributed by atoms with Crippen molar-refractivity contribution in [3.8, 4) is 6.07 Å². The molecular weight excluding hydrogens is 296 g/mol. The van der Waals surface area contributed by atoms with Crippen molar-refractivity contribution in [2.24, 2.45) is 5.92 Å². The van der Waals surface area contributed by atoms with Crippen LogP contribution in [-0.2, 0) is 0 Å². The van der Waals surface area contributed by atoms with Crippen LogP contribution in [0.3, 0.4) is 0 Å². The number of benzene rings is 1. The Morgan fingerprint density at radius 2 is 1.88 bits per heavy atom. The lowest BCUT2D eigenvalue weighted by Gasteiger charge is -2.29. The van der Waals surface area contributed by atoms with Crippen molar-refractivity contribution in [2.75, 3.05) is 0 Å². The fourth-order valence-electron chi connectivity index (χ4n) is 3.98. The van der Waals surface area contributed by atoms with Crippen LogP contribution in [-0.4, -0.2) is 14.5 Å². The van der Waals surface area contributed by atoms with Crippen LogP contribution >= 0.6 is 0 Å². The predicted molar refractivity (Wildman–Crippen MR) is 95.7 cm³/mol. The number of para-hydroxylation sites is 1. The molecule has 0 aliphatic heterocycles. The van der Waals surface area contributed by atoms with Gasteiger partial charge in [-0.3, -0.25) is 4.98 Å². The van der Waals surface area contributed by atoms with E-state index in [1.807, 2.05) is 12.3 Å². The Balaban J connectivity index is 1.93. The summed E-state index contributed by atoms with van der Waals surface area (Å²) in [6, 6.07) is 11.2. The first-order valence-corrected chi connectivity index (χ1v) is 8.84. The van der Waals surface area contributed by atoms with E-state index in [9.17, 15) is 5.26 Å². The molecule has 2 aromatic heterocycles. The highest BCUT2D eigenvalue weighted by molar-refractivity contribution is 6.02. The van der Waals surface area contributed by atoms with Gasteiger partial charge in [0.05, 0.1) is 23.3 Å². The van der Waals surface area contributed by atoms with E-state index in [-0.39, 0.29) is 5.92 Å². The second-order valence-corrected chi connectivity index (χ2v) is 7.14. The first-order chi connectivity index (χ1) is 11.7. The normalized spacial score (nSPS) is 21.4. The number of pyridine rings is 1. The maximum atomic E-state index is 9.19. The zero-order valence-corrected chi connectivity index (χ0v) is 14.2. The van der Waals surface area contributed by atoms with Gasteiger partial charge in [0.2, 0.25) is 0 Å². The van der Waals surface area contributed by atoms with E-state index >= 15 is 0 Å². The van der Waals surface area contributed by atoms with E-state index in [0.29, 0.717) is 12.0 Å². The number of nitriles is 1. The lowest BCUT2D eigenvalue weighted by atomic mass is 9.86. The minimum atomic E-state index is 0.219. The lowest BCUT2D eigenvalue weighted by Crippen LogP contribution is -2.19. The van der Waals surface area contributed by atoms with E-state index in [2.05, 4.69) is 47.7 Å². The highest BCUT2D eigenvalue weighted by atomic mass is 15.1. The van der Waals surface area contributed by atoms with Crippen LogP contribution in [0, 0.1) is 17.2 Å². The van der Waals surface area contributed by atoms with Crippen LogP contribution in [0.4, 0.5) is 0 Å². The number of aromatic nitrogens is 3. The van der Waals surface area contributed by atoms with Crippen molar-refractivity contribution in [3.05, 3.63) is 36.3 Å². The van der Waals surface area contributed by atoms with Gasteiger partial charge < -0.3 is 4.57 Å². The second-order valence-electron chi connectivity index (χ2n) is 7.14. The first kappa shape index (κ1) is 15.1. The van der Waals surface area contributed by atoms with Crippen LogP contribution in [0.2, 0.25) is 0 Å². The highest BCUT2D eigenvalue weighted by Crippen LogP contribution is 2.38. The smallest absolute Gasteiger partial charge is 0.112 e. The van der Waals surface area contributed by atoms with Crippen LogP contribution in [0.25, 0.3) is 21.9 Å². The molecule has 0 unspecified atom stereocenters. The van der Waals surface area contributed by atoms with Gasteiger partial charge in [-0.2, -0.15) is 5.26 Å². The van der Waals surface area contributed by atoms with Gasteiger partial charge in [0.1, 0.15) is 11.3 Å². The third-order valence-electron chi connectivity index (χ3n) is 5.21. The minimum Gasteiger partial charge on any atom is -0.324 e. The zero-order chi connectivity index (χ0) is 16.7. The van der Waals surface area contributed by atoms with Gasteiger partial charge in [-0.15, -0.1) is 0 Å². The summed E-state index contributed by atoms with van der Waals surface area (Å²) in [5, 5.41) is 10.4. The van der Waals surface area contributed by atoms with Crippen LogP contribution < -0.4 is 0 Å². The van der Waals surface area contributed by atoms with Crippen molar-refractivity contribution in [2.45, 2.75) is 51.5 Å². The SMILES string of the molecule is CC(C)c1nc2cnc3ccccc3c2n1C1CCC(C#N)CC1. The van der Waals surface area contributed by atoms with Gasteiger partial charge in [0.15, 0.2) is 0 Å². The largest absolute Gasteiger partial charge is 0.324 e. The number of hydrogen-bond acceptors (Lipinski definition) is 3. The average Bonchev–Trinajstić information content (AvgIpc) is 3.02. The van der Waals surface area contributed by atoms with Crippen molar-refractivity contribution in [3.63, 3.8) is 0 Å². The summed E-state index contributed by atoms with van der Waals surface area (Å²) in [5.41, 5.74) is 3.22. The van der Waals surface area contributed by atoms with Gasteiger partial charge in [0, 0.05) is 23.3 Å². The summed E-state index contributed by atoms with van der Waals surface area (Å²) < 4.78 is 2.46. The first-order valence-electron chi connectivity index (χ1n) is 8.84. The fraction of sp³-hybridized carbons (Fsp3) is 0.450. The van der Waals surface area contributed by atoms with E-state index in [4.69, 9.17) is 4.98 Å². The van der Waals surface area contributed by atoms with E-state index in [0.717, 1.165) is 42.5 Å². The Morgan fingerprint density at radius 1 is 1.12 bits per heavy atom. The standard InChI is InChI=1S/C20H22N4/c1-13(2)20-23-18-12-22-17-6-4-3-5-16(17)19(18)24(20)15-9-7-14(11-21)8-10-15/h3-6,12-15H,7-10H2,1-2H3. The molecule has 2 heterocycles. The van der Waals surface area contributed by atoms with E-state index in [1.54, 1.807) is 0 Å². The Kier molecular flexibility index (Phi) is 3.72. The van der Waals surface area contributed by atoms with Gasteiger partial charge in [-0.1, -0.05) is 32.0 Å². The van der Waals surface area contributed by atoms with Crippen LogP contribution in [0.15, 0.2) is 30.5 Å². The summed E-state index contributed by atoms with van der Waals surface area (Å²) >= 11 is 0. The molecule has 0 amide bonds. The van der Waals surface area contributed by atoms with Crippen molar-refractivity contribution >= 4 is 21.9 Å². The molecule has 1 fully saturated rings. The molecule has 1 aliphatic rings. The molecule has 122 valence electrons. The number of imidazole rings is 1. The third-order valence-corrected chi connectivity index (χ3v) is 5.21. The highest BCUT2D eigenvalue weighted by Gasteiger charge is 2.27. The molecule has 1 aliphatic carbocycles. The minimum absolute atomic E-state index is 0.219. The molecule has 24 heavy (non-hydrogen) atoms. The maximum Gasteiger partial charge on any atom is 0.112 e. The summed E-state index contributed by atoms with van der Waals surface area (Å²) in [4.78, 5) is 9.49. The number of rotatable bonds is 2. The van der Waals surface area contributed by atoms with Gasteiger partial charge >= 0.3 is 0 Å². The molecular formula is C20H22N4. The summed E-state index contributed by atoms with van der Waals surface area (Å²) in [6.07, 6.45) is 5.99. The van der Waals surface area contributed by atoms with E-state index < -0.39 is 0 Å². The Bertz CT molecular complexity index is 924. The molecule has 0 N–H and O–H groups in total. The lowest BCUT2D eigenvalue weighted by molar-refractivity contribution is 0.311. The fourth-order valence-corrected chi connectivity index (χ4v) is 3.98. The average molecular weight is 318 g/mol. The zero-order valence-electron chi connectivity index (χ0n) is 14.2. The second kappa shape index (κ2) is 5.90. The molecule has 3 aromatic rings. The Hall–Kier alpha value is -2.41. The van der Waals surface area contributed by atoms with Crippen molar-refractivity contribution < 1.29 is 0 Å². The van der Waals surface area contributed by atoms with Gasteiger partial charge in [-0.25, -0.2) is 4.98 Å². The Labute approximate surface area is 142 Å². The van der Waals surface area contributed by atoms with Crippen molar-refractivity contribution in [1.29, 1.82) is 5.26 Å². The van der Waals surface area contributed by atoms with Crippen molar-refractivity contribution in [1.82, 2.24) is 14.5 Å². The molecule has 0 saturated heterocycles. The molecule has 0 bridgehead atoms. The molecule has 1 saturated carbocycles. The van der Waals surface area contributed by atoms with Gasteiger partial charge in [-0.05, 0) is 31.7 Å². The molecule has 1 aromatic carbocycles. The predicted octanol–water partition coefficient (Wildman–Crippen LogP) is 4.96. The molecule has 0 spiro atoms. The number of hydrogen-bond donors (Lipinski definition) is 0. The summed E-state index contributed by atoms with van der Waals surface area (Å²) in [6.45, 7) is 4.41. The molecule has 4 rings (SSSR count). The van der Waals surface area contributed by atoms with E-state index in [1.165, 1.54) is 10.9 Å². The number of fused-ring (bicyclic) bond motifs is 3.